The molecular formula is C13H18ClNS. The maximum Gasteiger partial charge on any atom is 0.0453 e. The van der Waals surface area contributed by atoms with Crippen molar-refractivity contribution in [3.8, 4) is 0 Å². The highest BCUT2D eigenvalue weighted by Gasteiger charge is 2.12. The van der Waals surface area contributed by atoms with Crippen molar-refractivity contribution in [1.29, 1.82) is 0 Å². The quantitative estimate of drug-likeness (QED) is 0.619. The summed E-state index contributed by atoms with van der Waals surface area (Å²) in [5.41, 5.74) is 1.17. The van der Waals surface area contributed by atoms with Gasteiger partial charge in [0, 0.05) is 23.4 Å². The van der Waals surface area contributed by atoms with Crippen LogP contribution in [0.5, 0.6) is 0 Å². The summed E-state index contributed by atoms with van der Waals surface area (Å²) in [6.45, 7) is 3.07. The molecule has 0 aliphatic rings. The summed E-state index contributed by atoms with van der Waals surface area (Å²) in [6, 6.07) is 8.31. The van der Waals surface area contributed by atoms with Crippen LogP contribution in [0.4, 0.5) is 0 Å². The van der Waals surface area contributed by atoms with Gasteiger partial charge in [-0.15, -0.1) is 0 Å². The first-order valence-electron chi connectivity index (χ1n) is 5.37. The Bertz CT molecular complexity index is 352. The van der Waals surface area contributed by atoms with Gasteiger partial charge in [0.1, 0.15) is 0 Å². The van der Waals surface area contributed by atoms with Crippen molar-refractivity contribution in [1.82, 2.24) is 4.90 Å². The first kappa shape index (κ1) is 13.6. The van der Waals surface area contributed by atoms with Crippen LogP contribution in [-0.4, -0.2) is 24.2 Å². The van der Waals surface area contributed by atoms with Crippen LogP contribution in [0, 0.1) is 0 Å². The lowest BCUT2D eigenvalue weighted by Crippen LogP contribution is -2.22. The summed E-state index contributed by atoms with van der Waals surface area (Å²) in [5, 5.41) is 0.833. The molecule has 0 aromatic heterocycles. The van der Waals surface area contributed by atoms with Gasteiger partial charge in [-0.2, -0.15) is 12.6 Å². The third kappa shape index (κ3) is 3.85. The molecular weight excluding hydrogens is 238 g/mol. The van der Waals surface area contributed by atoms with Gasteiger partial charge in [0.05, 0.1) is 0 Å². The SMILES string of the molecule is CC(c1ccccc1Cl)N(C)CC=CCS. The van der Waals surface area contributed by atoms with Crippen molar-refractivity contribution in [2.45, 2.75) is 13.0 Å². The molecule has 0 radical (unpaired) electrons. The second-order valence-electron chi connectivity index (χ2n) is 3.79. The summed E-state index contributed by atoms with van der Waals surface area (Å²) in [4.78, 5) is 2.25. The molecule has 1 aromatic carbocycles. The Kier molecular flexibility index (Phi) is 5.96. The third-order valence-electron chi connectivity index (χ3n) is 2.68. The minimum absolute atomic E-state index is 0.318. The van der Waals surface area contributed by atoms with E-state index in [2.05, 4.69) is 49.7 Å². The standard InChI is InChI=1S/C13H18ClNS/c1-11(15(2)9-5-6-10-16)12-7-3-4-8-13(12)14/h3-8,11,16H,9-10H2,1-2H3. The minimum atomic E-state index is 0.318. The van der Waals surface area contributed by atoms with Crippen molar-refractivity contribution >= 4 is 24.2 Å². The van der Waals surface area contributed by atoms with Gasteiger partial charge in [0.2, 0.25) is 0 Å². The lowest BCUT2D eigenvalue weighted by molar-refractivity contribution is 0.290. The number of nitrogens with zero attached hydrogens (tertiary/aromatic N) is 1. The monoisotopic (exact) mass is 255 g/mol. The number of halogens is 1. The van der Waals surface area contributed by atoms with E-state index in [9.17, 15) is 0 Å². The molecule has 3 heteroatoms. The Hall–Kier alpha value is -0.440. The highest BCUT2D eigenvalue weighted by Crippen LogP contribution is 2.25. The largest absolute Gasteiger partial charge is 0.296 e. The summed E-state index contributed by atoms with van der Waals surface area (Å²) in [5.74, 6) is 0.786. The van der Waals surface area contributed by atoms with Gasteiger partial charge in [0.25, 0.3) is 0 Å². The van der Waals surface area contributed by atoms with Gasteiger partial charge >= 0.3 is 0 Å². The zero-order valence-corrected chi connectivity index (χ0v) is 11.4. The van der Waals surface area contributed by atoms with E-state index in [-0.39, 0.29) is 0 Å². The Labute approximate surface area is 109 Å². The van der Waals surface area contributed by atoms with Gasteiger partial charge in [-0.25, -0.2) is 0 Å². The van der Waals surface area contributed by atoms with E-state index in [1.54, 1.807) is 0 Å². The Balaban J connectivity index is 2.66. The summed E-state index contributed by atoms with van der Waals surface area (Å²) in [7, 11) is 2.09. The van der Waals surface area contributed by atoms with Crippen molar-refractivity contribution in [2.24, 2.45) is 0 Å². The van der Waals surface area contributed by atoms with Crippen LogP contribution in [0.1, 0.15) is 18.5 Å². The number of benzene rings is 1. The predicted molar refractivity (Wildman–Crippen MR) is 75.5 cm³/mol. The van der Waals surface area contributed by atoms with Gasteiger partial charge in [0.15, 0.2) is 0 Å². The molecule has 1 nitrogen and oxygen atoms in total. The van der Waals surface area contributed by atoms with Gasteiger partial charge < -0.3 is 0 Å². The van der Waals surface area contributed by atoms with E-state index >= 15 is 0 Å². The molecule has 1 unspecified atom stereocenters. The molecule has 0 saturated heterocycles. The van der Waals surface area contributed by atoms with Gasteiger partial charge in [-0.3, -0.25) is 4.90 Å². The molecule has 0 spiro atoms. The second kappa shape index (κ2) is 7.00. The first-order chi connectivity index (χ1) is 7.66. The van der Waals surface area contributed by atoms with Crippen LogP contribution in [0.2, 0.25) is 5.02 Å². The normalized spacial score (nSPS) is 13.6. The molecule has 16 heavy (non-hydrogen) atoms. The van der Waals surface area contributed by atoms with Crippen molar-refractivity contribution in [3.05, 3.63) is 47.0 Å². The summed E-state index contributed by atoms with van der Waals surface area (Å²) < 4.78 is 0. The van der Waals surface area contributed by atoms with E-state index in [0.29, 0.717) is 6.04 Å². The molecule has 0 aliphatic carbocycles. The fourth-order valence-corrected chi connectivity index (χ4v) is 1.97. The maximum atomic E-state index is 6.17. The van der Waals surface area contributed by atoms with Crippen LogP contribution in [0.3, 0.4) is 0 Å². The lowest BCUT2D eigenvalue weighted by atomic mass is 10.1. The van der Waals surface area contributed by atoms with E-state index < -0.39 is 0 Å². The molecule has 0 bridgehead atoms. The number of hydrogen-bond acceptors (Lipinski definition) is 2. The van der Waals surface area contributed by atoms with Gasteiger partial charge in [-0.1, -0.05) is 42.0 Å². The smallest absolute Gasteiger partial charge is 0.0453 e. The summed E-state index contributed by atoms with van der Waals surface area (Å²) in [6.07, 6.45) is 4.18. The van der Waals surface area contributed by atoms with Crippen molar-refractivity contribution in [3.63, 3.8) is 0 Å². The fourth-order valence-electron chi connectivity index (χ4n) is 1.52. The number of hydrogen-bond donors (Lipinski definition) is 1. The molecule has 1 atom stereocenters. The zero-order chi connectivity index (χ0) is 12.0. The van der Waals surface area contributed by atoms with E-state index in [0.717, 1.165) is 17.3 Å². The van der Waals surface area contributed by atoms with Crippen LogP contribution in [0.25, 0.3) is 0 Å². The second-order valence-corrected chi connectivity index (χ2v) is 4.56. The average molecular weight is 256 g/mol. The highest BCUT2D eigenvalue weighted by molar-refractivity contribution is 7.80. The number of likely N-dealkylation sites (N-methyl/N-ethyl adjacent to an activating group) is 1. The molecule has 0 fully saturated rings. The molecule has 0 aliphatic heterocycles. The number of thiol groups is 1. The predicted octanol–water partition coefficient (Wildman–Crippen LogP) is 3.82. The highest BCUT2D eigenvalue weighted by atomic mass is 35.5. The molecule has 88 valence electrons. The molecule has 0 saturated carbocycles. The first-order valence-corrected chi connectivity index (χ1v) is 6.38. The van der Waals surface area contributed by atoms with Crippen LogP contribution in [0.15, 0.2) is 36.4 Å². The Morgan fingerprint density at radius 3 is 2.69 bits per heavy atom. The van der Waals surface area contributed by atoms with Crippen molar-refractivity contribution in [2.75, 3.05) is 19.3 Å². The maximum absolute atomic E-state index is 6.17. The van der Waals surface area contributed by atoms with Crippen molar-refractivity contribution < 1.29 is 0 Å². The topological polar surface area (TPSA) is 3.24 Å². The molecule has 1 aromatic rings. The molecule has 1 rings (SSSR count). The van der Waals surface area contributed by atoms with E-state index in [1.807, 2.05) is 18.2 Å². The van der Waals surface area contributed by atoms with E-state index in [1.165, 1.54) is 5.56 Å². The van der Waals surface area contributed by atoms with Crippen LogP contribution >= 0.6 is 24.2 Å². The Morgan fingerprint density at radius 1 is 1.38 bits per heavy atom. The third-order valence-corrected chi connectivity index (χ3v) is 3.24. The zero-order valence-electron chi connectivity index (χ0n) is 9.73. The molecule has 0 N–H and O–H groups in total. The van der Waals surface area contributed by atoms with E-state index in [4.69, 9.17) is 11.6 Å². The summed E-state index contributed by atoms with van der Waals surface area (Å²) >= 11 is 10.3. The lowest BCUT2D eigenvalue weighted by Gasteiger charge is -2.24. The average Bonchev–Trinajstić information content (AvgIpc) is 2.29. The molecule has 0 heterocycles. The van der Waals surface area contributed by atoms with Crippen LogP contribution in [-0.2, 0) is 0 Å². The van der Waals surface area contributed by atoms with Gasteiger partial charge in [-0.05, 0) is 25.6 Å². The Morgan fingerprint density at radius 2 is 2.06 bits per heavy atom. The fraction of sp³-hybridized carbons (Fsp3) is 0.385. The van der Waals surface area contributed by atoms with Crippen LogP contribution < -0.4 is 0 Å². The minimum Gasteiger partial charge on any atom is -0.296 e. The molecule has 0 amide bonds. The number of rotatable bonds is 5.